The van der Waals surface area contributed by atoms with Crippen LogP contribution in [0.15, 0.2) is 138 Å². The van der Waals surface area contributed by atoms with Crippen LogP contribution in [-0.4, -0.2) is 4.98 Å². The Hall–Kier alpha value is -5.15. The maximum Gasteiger partial charge on any atom is 0.227 e. The first-order valence-electron chi connectivity index (χ1n) is 14.1. The minimum Gasteiger partial charge on any atom is -0.435 e. The van der Waals surface area contributed by atoms with Crippen LogP contribution in [0.3, 0.4) is 0 Å². The average molecular weight is 529 g/mol. The predicted molar refractivity (Wildman–Crippen MR) is 169 cm³/mol. The Morgan fingerprint density at radius 1 is 0.585 bits per heavy atom. The number of para-hydroxylation sites is 1. The number of fused-ring (bicyclic) bond motifs is 6. The van der Waals surface area contributed by atoms with Crippen molar-refractivity contribution in [2.75, 3.05) is 4.90 Å². The molecule has 3 heteroatoms. The van der Waals surface area contributed by atoms with Crippen molar-refractivity contribution in [2.24, 2.45) is 0 Å². The van der Waals surface area contributed by atoms with Crippen LogP contribution in [-0.2, 0) is 5.41 Å². The normalized spacial score (nSPS) is 13.3. The predicted octanol–water partition coefficient (Wildman–Crippen LogP) is 10.4. The van der Waals surface area contributed by atoms with Gasteiger partial charge in [-0.2, -0.15) is 0 Å². The van der Waals surface area contributed by atoms with Crippen molar-refractivity contribution in [1.29, 1.82) is 0 Å². The van der Waals surface area contributed by atoms with Crippen LogP contribution in [0.25, 0.3) is 44.5 Å². The first-order chi connectivity index (χ1) is 20.1. The maximum absolute atomic E-state index is 6.32. The van der Waals surface area contributed by atoms with E-state index in [1.165, 1.54) is 22.3 Å². The summed E-state index contributed by atoms with van der Waals surface area (Å²) in [5.74, 6) is 0.631. The van der Waals surface area contributed by atoms with Gasteiger partial charge in [0.1, 0.15) is 5.52 Å². The summed E-state index contributed by atoms with van der Waals surface area (Å²) >= 11 is 0. The van der Waals surface area contributed by atoms with Gasteiger partial charge in [-0.3, -0.25) is 0 Å². The van der Waals surface area contributed by atoms with Crippen LogP contribution >= 0.6 is 0 Å². The maximum atomic E-state index is 6.32. The zero-order valence-corrected chi connectivity index (χ0v) is 23.0. The van der Waals surface area contributed by atoms with Crippen molar-refractivity contribution in [3.05, 3.63) is 145 Å². The molecule has 6 aromatic carbocycles. The fourth-order valence-corrected chi connectivity index (χ4v) is 6.39. The third kappa shape index (κ3) is 3.70. The van der Waals surface area contributed by atoms with Gasteiger partial charge in [-0.1, -0.05) is 92.7 Å². The number of anilines is 3. The Kier molecular flexibility index (Phi) is 5.17. The van der Waals surface area contributed by atoms with Gasteiger partial charge in [0.15, 0.2) is 5.58 Å². The lowest BCUT2D eigenvalue weighted by Crippen LogP contribution is -2.16. The van der Waals surface area contributed by atoms with Crippen molar-refractivity contribution in [3.63, 3.8) is 0 Å². The molecule has 41 heavy (non-hydrogen) atoms. The van der Waals surface area contributed by atoms with E-state index in [1.807, 2.05) is 18.2 Å². The molecule has 0 atom stereocenters. The Morgan fingerprint density at radius 3 is 2.12 bits per heavy atom. The minimum absolute atomic E-state index is 0.0642. The van der Waals surface area contributed by atoms with E-state index in [4.69, 9.17) is 9.40 Å². The van der Waals surface area contributed by atoms with Crippen molar-refractivity contribution in [1.82, 2.24) is 4.98 Å². The SMILES string of the molecule is CC1(C)c2ccccc2-c2ccc(N(c3ccccc3)c3ccc(-c4nc5ccc6ccccc6c5o4)cc3)cc21. The van der Waals surface area contributed by atoms with Crippen LogP contribution in [0.2, 0.25) is 0 Å². The van der Waals surface area contributed by atoms with Gasteiger partial charge in [-0.15, -0.1) is 0 Å². The molecular weight excluding hydrogens is 500 g/mol. The van der Waals surface area contributed by atoms with Gasteiger partial charge >= 0.3 is 0 Å². The van der Waals surface area contributed by atoms with Crippen molar-refractivity contribution < 1.29 is 4.42 Å². The highest BCUT2D eigenvalue weighted by atomic mass is 16.3. The highest BCUT2D eigenvalue weighted by Gasteiger charge is 2.35. The molecule has 0 saturated heterocycles. The van der Waals surface area contributed by atoms with Gasteiger partial charge in [0.2, 0.25) is 5.89 Å². The second-order valence-corrected chi connectivity index (χ2v) is 11.3. The Balaban J connectivity index is 1.22. The molecule has 0 unspecified atom stereocenters. The molecule has 0 aliphatic heterocycles. The van der Waals surface area contributed by atoms with E-state index < -0.39 is 0 Å². The highest BCUT2D eigenvalue weighted by Crippen LogP contribution is 2.50. The van der Waals surface area contributed by atoms with E-state index >= 15 is 0 Å². The summed E-state index contributed by atoms with van der Waals surface area (Å²) < 4.78 is 6.32. The summed E-state index contributed by atoms with van der Waals surface area (Å²) in [6.45, 7) is 4.65. The van der Waals surface area contributed by atoms with Gasteiger partial charge in [0.25, 0.3) is 0 Å². The molecule has 0 amide bonds. The molecule has 8 rings (SSSR count). The van der Waals surface area contributed by atoms with E-state index in [1.54, 1.807) is 0 Å². The van der Waals surface area contributed by atoms with Crippen LogP contribution in [0.5, 0.6) is 0 Å². The molecule has 0 radical (unpaired) electrons. The molecule has 3 nitrogen and oxygen atoms in total. The second-order valence-electron chi connectivity index (χ2n) is 11.3. The molecule has 0 saturated carbocycles. The standard InChI is InChI=1S/C38H28N2O/c1-38(2)33-15-9-8-14-31(33)32-22-21-29(24-34(32)38)40(27-11-4-3-5-12-27)28-19-16-26(17-20-28)37-39-35-23-18-25-10-6-7-13-30(25)36(35)41-37/h3-24H,1-2H3. The molecule has 1 aromatic heterocycles. The van der Waals surface area contributed by atoms with Crippen LogP contribution in [0.4, 0.5) is 17.1 Å². The monoisotopic (exact) mass is 528 g/mol. The van der Waals surface area contributed by atoms with E-state index in [0.29, 0.717) is 5.89 Å². The summed E-state index contributed by atoms with van der Waals surface area (Å²) in [7, 11) is 0. The number of oxazole rings is 1. The molecule has 1 aliphatic carbocycles. The Morgan fingerprint density at radius 2 is 1.27 bits per heavy atom. The molecule has 1 aliphatic rings. The third-order valence-electron chi connectivity index (χ3n) is 8.49. The number of rotatable bonds is 4. The zero-order chi connectivity index (χ0) is 27.6. The lowest BCUT2D eigenvalue weighted by Gasteiger charge is -2.28. The Bertz CT molecular complexity index is 2070. The lowest BCUT2D eigenvalue weighted by molar-refractivity contribution is 0.623. The summed E-state index contributed by atoms with van der Waals surface area (Å²) in [6.07, 6.45) is 0. The van der Waals surface area contributed by atoms with Gasteiger partial charge in [0, 0.05) is 33.4 Å². The molecule has 0 spiro atoms. The molecule has 1 heterocycles. The molecule has 0 bridgehead atoms. The van der Waals surface area contributed by atoms with Gasteiger partial charge in [0.05, 0.1) is 0 Å². The minimum atomic E-state index is -0.0642. The van der Waals surface area contributed by atoms with E-state index in [0.717, 1.165) is 44.5 Å². The Labute approximate surface area is 239 Å². The first kappa shape index (κ1) is 23.7. The summed E-state index contributed by atoms with van der Waals surface area (Å²) in [5.41, 5.74) is 11.3. The fourth-order valence-electron chi connectivity index (χ4n) is 6.39. The van der Waals surface area contributed by atoms with Crippen molar-refractivity contribution >= 4 is 38.9 Å². The molecule has 0 N–H and O–H groups in total. The largest absolute Gasteiger partial charge is 0.435 e. The summed E-state index contributed by atoms with van der Waals surface area (Å²) in [6, 6.07) is 47.1. The van der Waals surface area contributed by atoms with Gasteiger partial charge < -0.3 is 9.32 Å². The van der Waals surface area contributed by atoms with E-state index in [9.17, 15) is 0 Å². The molecule has 196 valence electrons. The third-order valence-corrected chi connectivity index (χ3v) is 8.49. The van der Waals surface area contributed by atoms with Crippen LogP contribution in [0, 0.1) is 0 Å². The molecular formula is C38H28N2O. The fraction of sp³-hybridized carbons (Fsp3) is 0.0789. The van der Waals surface area contributed by atoms with Crippen molar-refractivity contribution in [2.45, 2.75) is 19.3 Å². The summed E-state index contributed by atoms with van der Waals surface area (Å²) in [5, 5.41) is 2.23. The van der Waals surface area contributed by atoms with Crippen molar-refractivity contribution in [3.8, 4) is 22.6 Å². The smallest absolute Gasteiger partial charge is 0.227 e. The zero-order valence-electron chi connectivity index (χ0n) is 23.0. The number of hydrogen-bond acceptors (Lipinski definition) is 3. The van der Waals surface area contributed by atoms with E-state index in [-0.39, 0.29) is 5.41 Å². The number of aromatic nitrogens is 1. The summed E-state index contributed by atoms with van der Waals surface area (Å²) in [4.78, 5) is 7.14. The topological polar surface area (TPSA) is 29.3 Å². The first-order valence-corrected chi connectivity index (χ1v) is 14.1. The molecule has 0 fully saturated rings. The second kappa shape index (κ2) is 8.94. The van der Waals surface area contributed by atoms with E-state index in [2.05, 4.69) is 134 Å². The molecule has 7 aromatic rings. The number of benzene rings is 6. The van der Waals surface area contributed by atoms with Crippen LogP contribution < -0.4 is 4.90 Å². The number of nitrogens with zero attached hydrogens (tertiary/aromatic N) is 2. The quantitative estimate of drug-likeness (QED) is 0.228. The van der Waals surface area contributed by atoms with Gasteiger partial charge in [-0.05, 0) is 82.2 Å². The lowest BCUT2D eigenvalue weighted by atomic mass is 9.82. The average Bonchev–Trinajstić information content (AvgIpc) is 3.56. The highest BCUT2D eigenvalue weighted by molar-refractivity contribution is 6.03. The van der Waals surface area contributed by atoms with Gasteiger partial charge in [-0.25, -0.2) is 4.98 Å². The van der Waals surface area contributed by atoms with Crippen LogP contribution in [0.1, 0.15) is 25.0 Å². The number of hydrogen-bond donors (Lipinski definition) is 0.